The lowest BCUT2D eigenvalue weighted by molar-refractivity contribution is -0.122. The molecule has 2 aliphatic rings. The molecular weight excluding hydrogens is 376 g/mol. The van der Waals surface area contributed by atoms with Gasteiger partial charge in [0.25, 0.3) is 5.91 Å². The number of hydrogen-bond donors (Lipinski definition) is 0. The van der Waals surface area contributed by atoms with Crippen molar-refractivity contribution in [1.82, 2.24) is 4.90 Å². The summed E-state index contributed by atoms with van der Waals surface area (Å²) < 4.78 is 12.0. The van der Waals surface area contributed by atoms with Gasteiger partial charge in [-0.05, 0) is 80.7 Å². The fourth-order valence-corrected chi connectivity index (χ4v) is 3.91. The maximum atomic E-state index is 13.0. The van der Waals surface area contributed by atoms with Crippen LogP contribution in [0.5, 0.6) is 11.5 Å². The molecule has 1 atom stereocenters. The van der Waals surface area contributed by atoms with Crippen LogP contribution in [0.15, 0.2) is 42.5 Å². The molecule has 1 amide bonds. The van der Waals surface area contributed by atoms with Crippen LogP contribution in [0.2, 0.25) is 0 Å². The van der Waals surface area contributed by atoms with Gasteiger partial charge >= 0.3 is 0 Å². The number of nitrogens with zero attached hydrogens (tertiary/aromatic N) is 2. The lowest BCUT2D eigenvalue weighted by Gasteiger charge is -2.20. The number of carbonyl (C=O) groups is 1. The van der Waals surface area contributed by atoms with Crippen molar-refractivity contribution in [2.45, 2.75) is 44.6 Å². The molecule has 0 unspecified atom stereocenters. The Morgan fingerprint density at radius 1 is 1.07 bits per heavy atom. The van der Waals surface area contributed by atoms with Crippen molar-refractivity contribution in [2.75, 3.05) is 38.7 Å². The summed E-state index contributed by atoms with van der Waals surface area (Å²) in [6.07, 6.45) is 3.72. The zero-order chi connectivity index (χ0) is 21.1. The number of likely N-dealkylation sites (N-methyl/N-ethyl adjacent to an activating group) is 1. The fourth-order valence-electron chi connectivity index (χ4n) is 3.91. The van der Waals surface area contributed by atoms with Crippen molar-refractivity contribution in [3.63, 3.8) is 0 Å². The monoisotopic (exact) mass is 408 g/mol. The first-order valence-electron chi connectivity index (χ1n) is 11.0. The number of rotatable bonds is 9. The average molecular weight is 409 g/mol. The number of hydrogen-bond acceptors (Lipinski definition) is 4. The summed E-state index contributed by atoms with van der Waals surface area (Å²) in [6.45, 7) is 4.31. The van der Waals surface area contributed by atoms with Crippen LogP contribution in [0, 0.1) is 0 Å². The summed E-state index contributed by atoms with van der Waals surface area (Å²) in [5.74, 6) is 2.44. The molecule has 0 radical (unpaired) electrons. The van der Waals surface area contributed by atoms with Gasteiger partial charge in [-0.25, -0.2) is 0 Å². The van der Waals surface area contributed by atoms with Gasteiger partial charge < -0.3 is 19.3 Å². The molecule has 4 rings (SSSR count). The standard InChI is InChI=1S/C25H32N2O3/c1-4-18-17-21(9-12-23(18)29-16-15-26(2)3)27-14-13-24(25(27)28)30-22-10-7-20(8-11-22)19-5-6-19/h7-12,17,19,24H,4-6,13-16H2,1-3H3/t24-/m0/s1. The number of anilines is 1. The molecule has 0 spiro atoms. The lowest BCUT2D eigenvalue weighted by atomic mass is 10.1. The summed E-state index contributed by atoms with van der Waals surface area (Å²) in [6, 6.07) is 14.3. The molecule has 160 valence electrons. The molecule has 0 bridgehead atoms. The van der Waals surface area contributed by atoms with E-state index in [1.807, 2.05) is 43.3 Å². The molecular formula is C25H32N2O3. The van der Waals surface area contributed by atoms with Gasteiger partial charge in [0.05, 0.1) is 0 Å². The minimum absolute atomic E-state index is 0.0320. The van der Waals surface area contributed by atoms with Gasteiger partial charge in [0.2, 0.25) is 0 Å². The molecule has 0 N–H and O–H groups in total. The van der Waals surface area contributed by atoms with Crippen molar-refractivity contribution in [3.8, 4) is 11.5 Å². The number of ether oxygens (including phenoxy) is 2. The second-order valence-corrected chi connectivity index (χ2v) is 8.53. The summed E-state index contributed by atoms with van der Waals surface area (Å²) in [5.41, 5.74) is 3.42. The highest BCUT2D eigenvalue weighted by Crippen LogP contribution is 2.40. The Labute approximate surface area is 179 Å². The predicted octanol–water partition coefficient (Wildman–Crippen LogP) is 4.25. The quantitative estimate of drug-likeness (QED) is 0.622. The van der Waals surface area contributed by atoms with E-state index in [9.17, 15) is 4.79 Å². The molecule has 5 heteroatoms. The van der Waals surface area contributed by atoms with E-state index in [1.165, 1.54) is 18.4 Å². The Balaban J connectivity index is 1.39. The molecule has 1 aliphatic carbocycles. The summed E-state index contributed by atoms with van der Waals surface area (Å²) >= 11 is 0. The molecule has 5 nitrogen and oxygen atoms in total. The van der Waals surface area contributed by atoms with Gasteiger partial charge in [-0.3, -0.25) is 4.79 Å². The number of benzene rings is 2. The fraction of sp³-hybridized carbons (Fsp3) is 0.480. The van der Waals surface area contributed by atoms with E-state index in [0.717, 1.165) is 41.6 Å². The summed E-state index contributed by atoms with van der Waals surface area (Å²) in [7, 11) is 4.07. The van der Waals surface area contributed by atoms with E-state index in [-0.39, 0.29) is 5.91 Å². The van der Waals surface area contributed by atoms with Gasteiger partial charge in [0.1, 0.15) is 18.1 Å². The normalized spacial score (nSPS) is 18.9. The highest BCUT2D eigenvalue weighted by atomic mass is 16.5. The minimum Gasteiger partial charge on any atom is -0.492 e. The topological polar surface area (TPSA) is 42.0 Å². The van der Waals surface area contributed by atoms with Crippen molar-refractivity contribution in [1.29, 1.82) is 0 Å². The van der Waals surface area contributed by atoms with Crippen LogP contribution >= 0.6 is 0 Å². The van der Waals surface area contributed by atoms with Gasteiger partial charge in [-0.2, -0.15) is 0 Å². The van der Waals surface area contributed by atoms with E-state index in [0.29, 0.717) is 19.6 Å². The van der Waals surface area contributed by atoms with Crippen LogP contribution < -0.4 is 14.4 Å². The van der Waals surface area contributed by atoms with E-state index >= 15 is 0 Å². The predicted molar refractivity (Wildman–Crippen MR) is 120 cm³/mol. The smallest absolute Gasteiger partial charge is 0.268 e. The Bertz CT molecular complexity index is 874. The number of carbonyl (C=O) groups excluding carboxylic acids is 1. The highest BCUT2D eigenvalue weighted by molar-refractivity contribution is 5.99. The van der Waals surface area contributed by atoms with Crippen molar-refractivity contribution in [2.24, 2.45) is 0 Å². The molecule has 1 heterocycles. The molecule has 2 aromatic rings. The highest BCUT2D eigenvalue weighted by Gasteiger charge is 2.34. The van der Waals surface area contributed by atoms with Crippen LogP contribution in [0.3, 0.4) is 0 Å². The Morgan fingerprint density at radius 2 is 1.83 bits per heavy atom. The second kappa shape index (κ2) is 9.09. The van der Waals surface area contributed by atoms with Gasteiger partial charge in [-0.15, -0.1) is 0 Å². The Hall–Kier alpha value is -2.53. The zero-order valence-corrected chi connectivity index (χ0v) is 18.3. The van der Waals surface area contributed by atoms with Crippen LogP contribution in [-0.2, 0) is 11.2 Å². The van der Waals surface area contributed by atoms with Gasteiger partial charge in [-0.1, -0.05) is 19.1 Å². The van der Waals surface area contributed by atoms with Crippen molar-refractivity contribution >= 4 is 11.6 Å². The minimum atomic E-state index is -0.419. The van der Waals surface area contributed by atoms with Crippen LogP contribution in [0.25, 0.3) is 0 Å². The van der Waals surface area contributed by atoms with Gasteiger partial charge in [0.15, 0.2) is 6.10 Å². The van der Waals surface area contributed by atoms with Gasteiger partial charge in [0, 0.05) is 25.2 Å². The van der Waals surface area contributed by atoms with Crippen LogP contribution in [-0.4, -0.2) is 50.7 Å². The number of aryl methyl sites for hydroxylation is 1. The first-order chi connectivity index (χ1) is 14.5. The van der Waals surface area contributed by atoms with E-state index in [4.69, 9.17) is 9.47 Å². The molecule has 2 aromatic carbocycles. The van der Waals surface area contributed by atoms with Crippen molar-refractivity contribution < 1.29 is 14.3 Å². The SMILES string of the molecule is CCc1cc(N2CC[C@H](Oc3ccc(C4CC4)cc3)C2=O)ccc1OCCN(C)C. The van der Waals surface area contributed by atoms with E-state index in [2.05, 4.69) is 30.0 Å². The molecule has 0 aromatic heterocycles. The third-order valence-electron chi connectivity index (χ3n) is 5.90. The molecule has 2 fully saturated rings. The first-order valence-corrected chi connectivity index (χ1v) is 11.0. The molecule has 1 saturated heterocycles. The maximum Gasteiger partial charge on any atom is 0.268 e. The van der Waals surface area contributed by atoms with E-state index < -0.39 is 6.10 Å². The maximum absolute atomic E-state index is 13.0. The van der Waals surface area contributed by atoms with Crippen LogP contribution in [0.1, 0.15) is 43.2 Å². The average Bonchev–Trinajstić information content (AvgIpc) is 3.53. The summed E-state index contributed by atoms with van der Waals surface area (Å²) in [5, 5.41) is 0. The Kier molecular flexibility index (Phi) is 6.28. The first kappa shape index (κ1) is 20.7. The molecule has 1 saturated carbocycles. The largest absolute Gasteiger partial charge is 0.492 e. The van der Waals surface area contributed by atoms with Crippen LogP contribution in [0.4, 0.5) is 5.69 Å². The molecule has 30 heavy (non-hydrogen) atoms. The third-order valence-corrected chi connectivity index (χ3v) is 5.90. The number of amides is 1. The molecule has 1 aliphatic heterocycles. The summed E-state index contributed by atoms with van der Waals surface area (Å²) in [4.78, 5) is 16.9. The van der Waals surface area contributed by atoms with E-state index in [1.54, 1.807) is 0 Å². The zero-order valence-electron chi connectivity index (χ0n) is 18.3. The van der Waals surface area contributed by atoms with Crippen molar-refractivity contribution in [3.05, 3.63) is 53.6 Å². The Morgan fingerprint density at radius 3 is 2.50 bits per heavy atom. The second-order valence-electron chi connectivity index (χ2n) is 8.53. The lowest BCUT2D eigenvalue weighted by Crippen LogP contribution is -2.32. The third kappa shape index (κ3) is 4.78.